The summed E-state index contributed by atoms with van der Waals surface area (Å²) in [5.74, 6) is -11.6. The van der Waals surface area contributed by atoms with Gasteiger partial charge in [0.25, 0.3) is 0 Å². The summed E-state index contributed by atoms with van der Waals surface area (Å²) in [5, 5.41) is 0. The van der Waals surface area contributed by atoms with Gasteiger partial charge in [0.2, 0.25) is 5.79 Å². The first-order chi connectivity index (χ1) is 11.1. The number of carbonyl (C=O) groups excluding carboxylic acids is 1. The fourth-order valence-corrected chi connectivity index (χ4v) is 2.95. The lowest BCUT2D eigenvalue weighted by molar-refractivity contribution is -0.288. The van der Waals surface area contributed by atoms with Gasteiger partial charge in [0.1, 0.15) is 19.8 Å². The van der Waals surface area contributed by atoms with Gasteiger partial charge in [-0.05, 0) is 19.8 Å². The molecule has 8 heteroatoms. The predicted octanol–water partition coefficient (Wildman–Crippen LogP) is 3.70. The lowest BCUT2D eigenvalue weighted by atomic mass is 9.83. The van der Waals surface area contributed by atoms with E-state index in [4.69, 9.17) is 14.2 Å². The Hall–Kier alpha value is -1.15. The number of alkyl halides is 4. The zero-order valence-corrected chi connectivity index (χ0v) is 13.6. The van der Waals surface area contributed by atoms with Crippen molar-refractivity contribution < 1.29 is 36.6 Å². The van der Waals surface area contributed by atoms with E-state index >= 15 is 0 Å². The Morgan fingerprint density at radius 3 is 2.04 bits per heavy atom. The maximum atomic E-state index is 13.6. The van der Waals surface area contributed by atoms with E-state index in [1.165, 1.54) is 6.92 Å². The van der Waals surface area contributed by atoms with Gasteiger partial charge in [0.05, 0.1) is 0 Å². The Kier molecular flexibility index (Phi) is 5.59. The first-order valence-electron chi connectivity index (χ1n) is 7.96. The molecule has 1 aliphatic carbocycles. The van der Waals surface area contributed by atoms with Gasteiger partial charge in [0, 0.05) is 11.5 Å². The third-order valence-corrected chi connectivity index (χ3v) is 4.51. The first-order valence-corrected chi connectivity index (χ1v) is 7.96. The van der Waals surface area contributed by atoms with E-state index in [1.54, 1.807) is 0 Å². The number of esters is 1. The van der Waals surface area contributed by atoms with Crippen LogP contribution in [0.15, 0.2) is 12.2 Å². The lowest BCUT2D eigenvalue weighted by Crippen LogP contribution is -2.49. The Morgan fingerprint density at radius 1 is 1.08 bits per heavy atom. The molecule has 1 aliphatic heterocycles. The molecule has 1 heterocycles. The third kappa shape index (κ3) is 3.91. The minimum atomic E-state index is -4.35. The molecule has 24 heavy (non-hydrogen) atoms. The van der Waals surface area contributed by atoms with Crippen molar-refractivity contribution in [3.63, 3.8) is 0 Å². The van der Waals surface area contributed by atoms with Crippen LogP contribution < -0.4 is 0 Å². The second-order valence-electron chi connectivity index (χ2n) is 6.49. The van der Waals surface area contributed by atoms with Gasteiger partial charge in [-0.3, -0.25) is 0 Å². The molecule has 0 aromatic carbocycles. The van der Waals surface area contributed by atoms with Crippen molar-refractivity contribution in [2.45, 2.75) is 56.7 Å². The zero-order valence-electron chi connectivity index (χ0n) is 13.6. The molecule has 1 saturated heterocycles. The SMILES string of the molecule is C=C(C)C(=O)OCC1(C2CCCCC2)OCC(F)(F)C(F)(F)CO1. The highest BCUT2D eigenvalue weighted by Gasteiger charge is 2.62. The monoisotopic (exact) mass is 354 g/mol. The Labute approximate surface area is 138 Å². The topological polar surface area (TPSA) is 44.8 Å². The van der Waals surface area contributed by atoms with Crippen LogP contribution in [-0.2, 0) is 19.0 Å². The van der Waals surface area contributed by atoms with E-state index in [0.717, 1.165) is 19.3 Å². The van der Waals surface area contributed by atoms with E-state index in [1.807, 2.05) is 0 Å². The van der Waals surface area contributed by atoms with Crippen molar-refractivity contribution in [1.29, 1.82) is 0 Å². The molecule has 0 N–H and O–H groups in total. The molecule has 0 atom stereocenters. The quantitative estimate of drug-likeness (QED) is 0.439. The maximum absolute atomic E-state index is 13.6. The fraction of sp³-hybridized carbons (Fsp3) is 0.812. The minimum Gasteiger partial charge on any atom is -0.457 e. The van der Waals surface area contributed by atoms with Gasteiger partial charge in [-0.1, -0.05) is 25.8 Å². The number of hydrogen-bond acceptors (Lipinski definition) is 4. The maximum Gasteiger partial charge on any atom is 0.335 e. The van der Waals surface area contributed by atoms with Gasteiger partial charge < -0.3 is 14.2 Å². The van der Waals surface area contributed by atoms with Crippen molar-refractivity contribution in [2.75, 3.05) is 19.8 Å². The van der Waals surface area contributed by atoms with Gasteiger partial charge in [-0.15, -0.1) is 0 Å². The summed E-state index contributed by atoms with van der Waals surface area (Å²) in [6.45, 7) is 1.36. The molecule has 138 valence electrons. The summed E-state index contributed by atoms with van der Waals surface area (Å²) in [7, 11) is 0. The van der Waals surface area contributed by atoms with E-state index in [0.29, 0.717) is 12.8 Å². The van der Waals surface area contributed by atoms with Crippen LogP contribution in [0.1, 0.15) is 39.0 Å². The number of hydrogen-bond donors (Lipinski definition) is 0. The van der Waals surface area contributed by atoms with Gasteiger partial charge >= 0.3 is 17.8 Å². The Bertz CT molecular complexity index is 468. The second kappa shape index (κ2) is 7.00. The first kappa shape index (κ1) is 19.2. The standard InChI is InChI=1S/C16H22F4O4/c1-11(2)13(21)22-8-14(12-6-4-3-5-7-12)23-9-15(17,18)16(19,20)10-24-14/h12H,1,3-10H2,2H3. The largest absolute Gasteiger partial charge is 0.457 e. The van der Waals surface area contributed by atoms with Crippen LogP contribution in [-0.4, -0.2) is 43.4 Å². The molecule has 0 bridgehead atoms. The molecule has 0 aromatic rings. The van der Waals surface area contributed by atoms with Crippen LogP contribution in [0, 0.1) is 5.92 Å². The second-order valence-corrected chi connectivity index (χ2v) is 6.49. The van der Waals surface area contributed by atoms with Gasteiger partial charge in [-0.25, -0.2) is 4.79 Å². The average molecular weight is 354 g/mol. The van der Waals surface area contributed by atoms with E-state index in [-0.39, 0.29) is 5.57 Å². The van der Waals surface area contributed by atoms with Crippen LogP contribution in [0.5, 0.6) is 0 Å². The summed E-state index contributed by atoms with van der Waals surface area (Å²) in [6, 6.07) is 0. The molecule has 0 radical (unpaired) electrons. The number of rotatable bonds is 4. The number of halogens is 4. The van der Waals surface area contributed by atoms with Crippen molar-refractivity contribution in [1.82, 2.24) is 0 Å². The molecule has 2 aliphatic rings. The molecule has 0 unspecified atom stereocenters. The average Bonchev–Trinajstić information content (AvgIpc) is 2.63. The Morgan fingerprint density at radius 2 is 1.58 bits per heavy atom. The van der Waals surface area contributed by atoms with Crippen LogP contribution in [0.2, 0.25) is 0 Å². The van der Waals surface area contributed by atoms with Crippen LogP contribution in [0.25, 0.3) is 0 Å². The molecular weight excluding hydrogens is 332 g/mol. The molecule has 0 amide bonds. The molecule has 4 nitrogen and oxygen atoms in total. The molecule has 2 rings (SSSR count). The van der Waals surface area contributed by atoms with Crippen LogP contribution >= 0.6 is 0 Å². The number of carbonyl (C=O) groups is 1. The summed E-state index contributed by atoms with van der Waals surface area (Å²) >= 11 is 0. The highest BCUT2D eigenvalue weighted by Crippen LogP contribution is 2.44. The third-order valence-electron chi connectivity index (χ3n) is 4.51. The summed E-state index contributed by atoms with van der Waals surface area (Å²) in [6.07, 6.45) is 3.72. The summed E-state index contributed by atoms with van der Waals surface area (Å²) < 4.78 is 69.7. The van der Waals surface area contributed by atoms with E-state index in [9.17, 15) is 22.4 Å². The molecule has 0 spiro atoms. The molecule has 2 fully saturated rings. The highest BCUT2D eigenvalue weighted by molar-refractivity contribution is 5.86. The molecular formula is C16H22F4O4. The van der Waals surface area contributed by atoms with Crippen LogP contribution in [0.4, 0.5) is 17.6 Å². The van der Waals surface area contributed by atoms with Crippen molar-refractivity contribution >= 4 is 5.97 Å². The zero-order chi connectivity index (χ0) is 18.0. The van der Waals surface area contributed by atoms with E-state index in [2.05, 4.69) is 6.58 Å². The van der Waals surface area contributed by atoms with E-state index < -0.39 is 49.3 Å². The highest BCUT2D eigenvalue weighted by atomic mass is 19.3. The molecule has 1 saturated carbocycles. The van der Waals surface area contributed by atoms with Crippen molar-refractivity contribution in [3.05, 3.63) is 12.2 Å². The smallest absolute Gasteiger partial charge is 0.335 e. The summed E-state index contributed by atoms with van der Waals surface area (Å²) in [5.41, 5.74) is 0.109. The molecule has 0 aromatic heterocycles. The van der Waals surface area contributed by atoms with Crippen LogP contribution in [0.3, 0.4) is 0 Å². The van der Waals surface area contributed by atoms with Gasteiger partial charge in [-0.2, -0.15) is 17.6 Å². The Balaban J connectivity index is 2.22. The summed E-state index contributed by atoms with van der Waals surface area (Å²) in [4.78, 5) is 11.6. The van der Waals surface area contributed by atoms with Crippen molar-refractivity contribution in [3.8, 4) is 0 Å². The predicted molar refractivity (Wildman–Crippen MR) is 76.9 cm³/mol. The minimum absolute atomic E-state index is 0.109. The fourth-order valence-electron chi connectivity index (χ4n) is 2.95. The normalized spacial score (nSPS) is 26.4. The lowest BCUT2D eigenvalue weighted by Gasteiger charge is -2.40. The van der Waals surface area contributed by atoms with Gasteiger partial charge in [0.15, 0.2) is 0 Å². The number of ether oxygens (including phenoxy) is 3. The van der Waals surface area contributed by atoms with Crippen molar-refractivity contribution in [2.24, 2.45) is 5.92 Å².